The third-order valence-electron chi connectivity index (χ3n) is 3.94. The molecule has 1 unspecified atom stereocenters. The molecule has 0 saturated carbocycles. The van der Waals surface area contributed by atoms with Gasteiger partial charge in [0, 0.05) is 0 Å². The number of rotatable bonds is 6. The van der Waals surface area contributed by atoms with Gasteiger partial charge in [0.15, 0.2) is 0 Å². The number of unbranched alkanes of at least 4 members (excludes halogenated alkanes) is 1. The molecule has 1 aromatic carbocycles. The zero-order valence-corrected chi connectivity index (χ0v) is 15.0. The van der Waals surface area contributed by atoms with E-state index in [1.807, 2.05) is 38.1 Å². The van der Waals surface area contributed by atoms with E-state index in [4.69, 9.17) is 0 Å². The molecule has 24 heavy (non-hydrogen) atoms. The molecule has 3 rings (SSSR count). The van der Waals surface area contributed by atoms with Crippen molar-refractivity contribution in [2.45, 2.75) is 46.1 Å². The molecular formula is C18H22N4OS. The van der Waals surface area contributed by atoms with Gasteiger partial charge in [-0.2, -0.15) is 0 Å². The SMILES string of the molecule is CCCCc1nc(C)sc1C(=O)NC(C)c1nc2ccccc2[nH]1. The molecule has 2 N–H and O–H groups in total. The zero-order valence-electron chi connectivity index (χ0n) is 14.2. The van der Waals surface area contributed by atoms with Crippen LogP contribution in [0.25, 0.3) is 11.0 Å². The van der Waals surface area contributed by atoms with Crippen LogP contribution in [0.4, 0.5) is 0 Å². The molecule has 0 spiro atoms. The lowest BCUT2D eigenvalue weighted by Crippen LogP contribution is -2.27. The van der Waals surface area contributed by atoms with Crippen molar-refractivity contribution in [3.05, 3.63) is 45.7 Å². The van der Waals surface area contributed by atoms with Crippen LogP contribution < -0.4 is 5.32 Å². The van der Waals surface area contributed by atoms with Crippen LogP contribution in [0.5, 0.6) is 0 Å². The Balaban J connectivity index is 1.76. The number of hydrogen-bond donors (Lipinski definition) is 2. The van der Waals surface area contributed by atoms with Crippen molar-refractivity contribution in [3.8, 4) is 0 Å². The summed E-state index contributed by atoms with van der Waals surface area (Å²) in [6, 6.07) is 7.67. The fraction of sp³-hybridized carbons (Fsp3) is 0.389. The van der Waals surface area contributed by atoms with Gasteiger partial charge in [-0.05, 0) is 38.8 Å². The number of nitrogens with one attached hydrogen (secondary N) is 2. The summed E-state index contributed by atoms with van der Waals surface area (Å²) in [5, 5.41) is 3.97. The lowest BCUT2D eigenvalue weighted by atomic mass is 10.2. The average Bonchev–Trinajstić information content (AvgIpc) is 3.16. The minimum absolute atomic E-state index is 0.0698. The molecule has 0 aliphatic carbocycles. The topological polar surface area (TPSA) is 70.7 Å². The number of benzene rings is 1. The Morgan fingerprint density at radius 2 is 2.12 bits per heavy atom. The Kier molecular flexibility index (Phi) is 4.94. The third kappa shape index (κ3) is 3.48. The highest BCUT2D eigenvalue weighted by atomic mass is 32.1. The molecule has 0 radical (unpaired) electrons. The number of aromatic amines is 1. The predicted octanol–water partition coefficient (Wildman–Crippen LogP) is 4.16. The molecule has 2 aromatic heterocycles. The van der Waals surface area contributed by atoms with Crippen molar-refractivity contribution in [1.29, 1.82) is 0 Å². The number of aromatic nitrogens is 3. The van der Waals surface area contributed by atoms with Crippen LogP contribution in [-0.4, -0.2) is 20.9 Å². The maximum Gasteiger partial charge on any atom is 0.263 e. The Bertz CT molecular complexity index is 819. The molecule has 5 nitrogen and oxygen atoms in total. The van der Waals surface area contributed by atoms with E-state index in [9.17, 15) is 4.79 Å². The second-order valence-corrected chi connectivity index (χ2v) is 7.15. The van der Waals surface area contributed by atoms with Crippen LogP contribution in [-0.2, 0) is 6.42 Å². The molecule has 0 saturated heterocycles. The Labute approximate surface area is 145 Å². The highest BCUT2D eigenvalue weighted by Gasteiger charge is 2.20. The molecule has 1 atom stereocenters. The molecule has 0 bridgehead atoms. The summed E-state index contributed by atoms with van der Waals surface area (Å²) >= 11 is 1.46. The number of carbonyl (C=O) groups is 1. The van der Waals surface area contributed by atoms with Gasteiger partial charge < -0.3 is 10.3 Å². The van der Waals surface area contributed by atoms with Crippen molar-refractivity contribution in [3.63, 3.8) is 0 Å². The first-order chi connectivity index (χ1) is 11.6. The van der Waals surface area contributed by atoms with Crippen molar-refractivity contribution in [1.82, 2.24) is 20.3 Å². The Hall–Kier alpha value is -2.21. The summed E-state index contributed by atoms with van der Waals surface area (Å²) < 4.78 is 0. The van der Waals surface area contributed by atoms with Gasteiger partial charge >= 0.3 is 0 Å². The number of nitrogens with zero attached hydrogens (tertiary/aromatic N) is 2. The first kappa shape index (κ1) is 16.6. The number of thiazole rings is 1. The normalized spacial score (nSPS) is 12.5. The number of amides is 1. The van der Waals surface area contributed by atoms with Crippen molar-refractivity contribution in [2.75, 3.05) is 0 Å². The molecule has 1 amide bonds. The summed E-state index contributed by atoms with van der Waals surface area (Å²) in [7, 11) is 0. The third-order valence-corrected chi connectivity index (χ3v) is 4.95. The number of hydrogen-bond acceptors (Lipinski definition) is 4. The van der Waals surface area contributed by atoms with Crippen LogP contribution in [0, 0.1) is 6.92 Å². The zero-order chi connectivity index (χ0) is 17.1. The summed E-state index contributed by atoms with van der Waals surface area (Å²) in [6.07, 6.45) is 2.98. The first-order valence-electron chi connectivity index (χ1n) is 8.30. The molecule has 0 aliphatic heterocycles. The van der Waals surface area contributed by atoms with E-state index in [-0.39, 0.29) is 11.9 Å². The van der Waals surface area contributed by atoms with E-state index in [2.05, 4.69) is 27.2 Å². The molecule has 0 aliphatic rings. The molecular weight excluding hydrogens is 320 g/mol. The maximum atomic E-state index is 12.7. The summed E-state index contributed by atoms with van der Waals surface area (Å²) in [5.74, 6) is 0.695. The van der Waals surface area contributed by atoms with Gasteiger partial charge in [0.05, 0.1) is 27.8 Å². The summed E-state index contributed by atoms with van der Waals surface area (Å²) in [5.41, 5.74) is 2.80. The standard InChI is InChI=1S/C18H22N4OS/c1-4-5-8-15-16(24-12(3)20-15)18(23)19-11(2)17-21-13-9-6-7-10-14(13)22-17/h6-7,9-11H,4-5,8H2,1-3H3,(H,19,23)(H,21,22). The number of carbonyl (C=O) groups excluding carboxylic acids is 1. The fourth-order valence-electron chi connectivity index (χ4n) is 2.67. The van der Waals surface area contributed by atoms with Gasteiger partial charge in [0.25, 0.3) is 5.91 Å². The Morgan fingerprint density at radius 1 is 1.33 bits per heavy atom. The van der Waals surface area contributed by atoms with Gasteiger partial charge in [0.2, 0.25) is 0 Å². The fourth-order valence-corrected chi connectivity index (χ4v) is 3.54. The molecule has 126 valence electrons. The van der Waals surface area contributed by atoms with Crippen LogP contribution in [0.1, 0.15) is 58.9 Å². The Morgan fingerprint density at radius 3 is 2.88 bits per heavy atom. The molecule has 6 heteroatoms. The van der Waals surface area contributed by atoms with Crippen LogP contribution in [0.3, 0.4) is 0 Å². The number of H-pyrrole nitrogens is 1. The second-order valence-electron chi connectivity index (χ2n) is 5.95. The lowest BCUT2D eigenvalue weighted by molar-refractivity contribution is 0.0941. The molecule has 0 fully saturated rings. The number of para-hydroxylation sites is 2. The highest BCUT2D eigenvalue weighted by Crippen LogP contribution is 2.22. The maximum absolute atomic E-state index is 12.7. The van der Waals surface area contributed by atoms with Crippen LogP contribution in [0.15, 0.2) is 24.3 Å². The van der Waals surface area contributed by atoms with E-state index < -0.39 is 0 Å². The summed E-state index contributed by atoms with van der Waals surface area (Å²) in [4.78, 5) is 25.7. The van der Waals surface area contributed by atoms with Crippen molar-refractivity contribution < 1.29 is 4.79 Å². The van der Waals surface area contributed by atoms with Gasteiger partial charge in [-0.25, -0.2) is 9.97 Å². The van der Waals surface area contributed by atoms with Gasteiger partial charge in [-0.3, -0.25) is 4.79 Å². The largest absolute Gasteiger partial charge is 0.342 e. The number of fused-ring (bicyclic) bond motifs is 1. The number of aryl methyl sites for hydroxylation is 2. The van der Waals surface area contributed by atoms with Gasteiger partial charge in [-0.15, -0.1) is 11.3 Å². The monoisotopic (exact) mass is 342 g/mol. The smallest absolute Gasteiger partial charge is 0.263 e. The van der Waals surface area contributed by atoms with Crippen LogP contribution >= 0.6 is 11.3 Å². The van der Waals surface area contributed by atoms with E-state index >= 15 is 0 Å². The number of imidazole rings is 1. The minimum atomic E-state index is -0.189. The van der Waals surface area contributed by atoms with Crippen molar-refractivity contribution >= 4 is 28.3 Å². The van der Waals surface area contributed by atoms with E-state index in [0.29, 0.717) is 0 Å². The summed E-state index contributed by atoms with van der Waals surface area (Å²) in [6.45, 7) is 6.03. The van der Waals surface area contributed by atoms with Crippen LogP contribution in [0.2, 0.25) is 0 Å². The van der Waals surface area contributed by atoms with E-state index in [1.54, 1.807) is 0 Å². The van der Waals surface area contributed by atoms with E-state index in [1.165, 1.54) is 11.3 Å². The molecule has 2 heterocycles. The highest BCUT2D eigenvalue weighted by molar-refractivity contribution is 7.13. The quantitative estimate of drug-likeness (QED) is 0.706. The lowest BCUT2D eigenvalue weighted by Gasteiger charge is -2.11. The second kappa shape index (κ2) is 7.13. The minimum Gasteiger partial charge on any atom is -0.342 e. The van der Waals surface area contributed by atoms with Crippen molar-refractivity contribution in [2.24, 2.45) is 0 Å². The average molecular weight is 342 g/mol. The first-order valence-corrected chi connectivity index (χ1v) is 9.12. The van der Waals surface area contributed by atoms with Gasteiger partial charge in [0.1, 0.15) is 10.7 Å². The van der Waals surface area contributed by atoms with E-state index in [0.717, 1.165) is 51.7 Å². The molecule has 3 aromatic rings. The van der Waals surface area contributed by atoms with Gasteiger partial charge in [-0.1, -0.05) is 25.5 Å². The predicted molar refractivity (Wildman–Crippen MR) is 97.4 cm³/mol.